The van der Waals surface area contributed by atoms with Crippen molar-refractivity contribution in [1.29, 1.82) is 0 Å². The molecule has 0 aromatic carbocycles. The quantitative estimate of drug-likeness (QED) is 0.707. The van der Waals surface area contributed by atoms with Crippen LogP contribution in [0.5, 0.6) is 0 Å². The molecule has 0 aromatic rings. The fraction of sp³-hybridized carbons (Fsp3) is 1.00. The highest BCUT2D eigenvalue weighted by Crippen LogP contribution is 2.14. The van der Waals surface area contributed by atoms with E-state index in [0.29, 0.717) is 19.6 Å². The first-order valence-corrected chi connectivity index (χ1v) is 7.35. The molecule has 114 valence electrons. The van der Waals surface area contributed by atoms with Gasteiger partial charge < -0.3 is 5.73 Å². The third-order valence-electron chi connectivity index (χ3n) is 3.03. The Kier molecular flexibility index (Phi) is 5.56. The van der Waals surface area contributed by atoms with Gasteiger partial charge in [0.2, 0.25) is 0 Å². The van der Waals surface area contributed by atoms with Crippen molar-refractivity contribution in [2.75, 3.05) is 39.3 Å². The average Bonchev–Trinajstić information content (AvgIpc) is 2.35. The van der Waals surface area contributed by atoms with E-state index in [9.17, 15) is 21.6 Å². The number of rotatable bonds is 5. The van der Waals surface area contributed by atoms with Gasteiger partial charge in [0.05, 0.1) is 0 Å². The number of alkyl halides is 3. The minimum Gasteiger partial charge on any atom is -0.329 e. The van der Waals surface area contributed by atoms with E-state index in [2.05, 4.69) is 0 Å². The largest absolute Gasteiger partial charge is 0.402 e. The zero-order valence-corrected chi connectivity index (χ0v) is 11.5. The predicted octanol–water partition coefficient (Wildman–Crippen LogP) is -0.652. The minimum absolute atomic E-state index is 0.132. The molecule has 1 saturated heterocycles. The van der Waals surface area contributed by atoms with Crippen molar-refractivity contribution >= 4 is 10.2 Å². The van der Waals surface area contributed by atoms with Gasteiger partial charge in [-0.25, -0.2) is 0 Å². The molecule has 1 atom stereocenters. The van der Waals surface area contributed by atoms with E-state index in [1.165, 1.54) is 0 Å². The summed E-state index contributed by atoms with van der Waals surface area (Å²) in [4.78, 5) is 2.01. The zero-order valence-electron chi connectivity index (χ0n) is 10.7. The maximum absolute atomic E-state index is 12.0. The second-order valence-corrected chi connectivity index (χ2v) is 6.22. The van der Waals surface area contributed by atoms with E-state index >= 15 is 0 Å². The van der Waals surface area contributed by atoms with Crippen LogP contribution in [0.3, 0.4) is 0 Å². The summed E-state index contributed by atoms with van der Waals surface area (Å²) < 4.78 is 61.9. The Morgan fingerprint density at radius 1 is 1.26 bits per heavy atom. The standard InChI is InChI=1S/C9H19F3N4O2S/c1-8(6-13)15-2-4-16(5-3-15)19(17,18)14-7-9(10,11)12/h8,14H,2-7,13H2,1H3. The Bertz CT molecular complexity index is 379. The molecular formula is C9H19F3N4O2S. The molecule has 1 heterocycles. The molecule has 0 aromatic heterocycles. The molecule has 0 radical (unpaired) electrons. The summed E-state index contributed by atoms with van der Waals surface area (Å²) in [5.74, 6) is 0. The van der Waals surface area contributed by atoms with E-state index in [1.807, 2.05) is 11.8 Å². The third-order valence-corrected chi connectivity index (χ3v) is 4.59. The molecule has 0 bridgehead atoms. The highest BCUT2D eigenvalue weighted by molar-refractivity contribution is 7.87. The monoisotopic (exact) mass is 304 g/mol. The van der Waals surface area contributed by atoms with Gasteiger partial charge in [0.25, 0.3) is 10.2 Å². The molecule has 0 amide bonds. The van der Waals surface area contributed by atoms with Crippen LogP contribution < -0.4 is 10.5 Å². The Hall–Kier alpha value is -0.420. The lowest BCUT2D eigenvalue weighted by Gasteiger charge is -2.36. The van der Waals surface area contributed by atoms with Gasteiger partial charge in [-0.2, -0.15) is 30.6 Å². The number of nitrogens with one attached hydrogen (secondary N) is 1. The van der Waals surface area contributed by atoms with Gasteiger partial charge >= 0.3 is 6.18 Å². The van der Waals surface area contributed by atoms with Crippen LogP contribution in [0.4, 0.5) is 13.2 Å². The van der Waals surface area contributed by atoms with Gasteiger partial charge in [0, 0.05) is 38.8 Å². The zero-order chi connectivity index (χ0) is 14.7. The van der Waals surface area contributed by atoms with Crippen LogP contribution in [0.1, 0.15) is 6.92 Å². The fourth-order valence-electron chi connectivity index (χ4n) is 1.80. The molecule has 0 saturated carbocycles. The number of nitrogens with zero attached hydrogens (tertiary/aromatic N) is 2. The van der Waals surface area contributed by atoms with Crippen molar-refractivity contribution in [2.24, 2.45) is 5.73 Å². The highest BCUT2D eigenvalue weighted by atomic mass is 32.2. The number of piperazine rings is 1. The van der Waals surface area contributed by atoms with Gasteiger partial charge in [-0.3, -0.25) is 4.90 Å². The maximum Gasteiger partial charge on any atom is 0.402 e. The van der Waals surface area contributed by atoms with Gasteiger partial charge in [0.1, 0.15) is 6.54 Å². The Labute approximate surface area is 110 Å². The SMILES string of the molecule is CC(CN)N1CCN(S(=O)(=O)NCC(F)(F)F)CC1. The smallest absolute Gasteiger partial charge is 0.329 e. The first-order valence-electron chi connectivity index (χ1n) is 5.91. The Morgan fingerprint density at radius 3 is 2.21 bits per heavy atom. The molecular weight excluding hydrogens is 285 g/mol. The number of nitrogens with two attached hydrogens (primary N) is 1. The summed E-state index contributed by atoms with van der Waals surface area (Å²) in [7, 11) is -4.07. The molecule has 1 fully saturated rings. The van der Waals surface area contributed by atoms with Gasteiger partial charge in [-0.1, -0.05) is 0 Å². The van der Waals surface area contributed by atoms with E-state index in [1.54, 1.807) is 4.72 Å². The summed E-state index contributed by atoms with van der Waals surface area (Å²) in [5.41, 5.74) is 5.51. The lowest BCUT2D eigenvalue weighted by Crippen LogP contribution is -2.55. The molecule has 1 aliphatic heterocycles. The topological polar surface area (TPSA) is 78.7 Å². The normalized spacial score (nSPS) is 21.5. The molecule has 0 aliphatic carbocycles. The van der Waals surface area contributed by atoms with Crippen LogP contribution in [-0.4, -0.2) is 69.1 Å². The van der Waals surface area contributed by atoms with Gasteiger partial charge in [-0.05, 0) is 6.92 Å². The number of hydrogen-bond donors (Lipinski definition) is 2. The average molecular weight is 304 g/mol. The van der Waals surface area contributed by atoms with Crippen molar-refractivity contribution in [3.05, 3.63) is 0 Å². The summed E-state index contributed by atoms with van der Waals surface area (Å²) in [6.07, 6.45) is -4.55. The molecule has 1 unspecified atom stereocenters. The third kappa shape index (κ3) is 5.22. The Balaban J connectivity index is 2.50. The first kappa shape index (κ1) is 16.6. The van der Waals surface area contributed by atoms with Crippen LogP contribution >= 0.6 is 0 Å². The van der Waals surface area contributed by atoms with E-state index in [-0.39, 0.29) is 19.1 Å². The van der Waals surface area contributed by atoms with Crippen LogP contribution in [0.15, 0.2) is 0 Å². The lowest BCUT2D eigenvalue weighted by molar-refractivity contribution is -0.121. The van der Waals surface area contributed by atoms with Gasteiger partial charge in [-0.15, -0.1) is 0 Å². The van der Waals surface area contributed by atoms with Crippen molar-refractivity contribution in [2.45, 2.75) is 19.1 Å². The van der Waals surface area contributed by atoms with Crippen molar-refractivity contribution < 1.29 is 21.6 Å². The summed E-state index contributed by atoms with van der Waals surface area (Å²) >= 11 is 0. The van der Waals surface area contributed by atoms with Crippen molar-refractivity contribution in [1.82, 2.24) is 13.9 Å². The van der Waals surface area contributed by atoms with E-state index in [4.69, 9.17) is 5.73 Å². The van der Waals surface area contributed by atoms with Crippen LogP contribution in [0.25, 0.3) is 0 Å². The molecule has 3 N–H and O–H groups in total. The molecule has 10 heteroatoms. The number of halogens is 3. The highest BCUT2D eigenvalue weighted by Gasteiger charge is 2.33. The van der Waals surface area contributed by atoms with Crippen LogP contribution in [0.2, 0.25) is 0 Å². The van der Waals surface area contributed by atoms with Crippen molar-refractivity contribution in [3.8, 4) is 0 Å². The summed E-state index contributed by atoms with van der Waals surface area (Å²) in [5, 5.41) is 0. The van der Waals surface area contributed by atoms with E-state index < -0.39 is 22.9 Å². The summed E-state index contributed by atoms with van der Waals surface area (Å²) in [6.45, 7) is 2.09. The Morgan fingerprint density at radius 2 is 1.79 bits per heavy atom. The first-order chi connectivity index (χ1) is 8.65. The molecule has 6 nitrogen and oxygen atoms in total. The number of hydrogen-bond acceptors (Lipinski definition) is 4. The molecule has 1 rings (SSSR count). The van der Waals surface area contributed by atoms with E-state index in [0.717, 1.165) is 4.31 Å². The van der Waals surface area contributed by atoms with Crippen LogP contribution in [0, 0.1) is 0 Å². The maximum atomic E-state index is 12.0. The summed E-state index contributed by atoms with van der Waals surface area (Å²) in [6, 6.07) is 0.132. The van der Waals surface area contributed by atoms with Gasteiger partial charge in [0.15, 0.2) is 0 Å². The molecule has 0 spiro atoms. The van der Waals surface area contributed by atoms with Crippen molar-refractivity contribution in [3.63, 3.8) is 0 Å². The molecule has 1 aliphatic rings. The predicted molar refractivity (Wildman–Crippen MR) is 64.6 cm³/mol. The second-order valence-electron chi connectivity index (χ2n) is 4.46. The lowest BCUT2D eigenvalue weighted by atomic mass is 10.2. The minimum atomic E-state index is -4.55. The molecule has 19 heavy (non-hydrogen) atoms. The second kappa shape index (κ2) is 6.35. The van der Waals surface area contributed by atoms with Crippen LogP contribution in [-0.2, 0) is 10.2 Å². The fourth-order valence-corrected chi connectivity index (χ4v) is 2.97.